The number of hydrazine groups is 1. The Balaban J connectivity index is 2.67. The first-order chi connectivity index (χ1) is 4.79. The van der Waals surface area contributed by atoms with Crippen LogP contribution in [0.25, 0.3) is 0 Å². The molecule has 1 aromatic rings. The third-order valence-corrected chi connectivity index (χ3v) is 0.901. The number of anilines is 1. The molecule has 0 fully saturated rings. The van der Waals surface area contributed by atoms with Gasteiger partial charge in [0.2, 0.25) is 0 Å². The topological polar surface area (TPSA) is 68.1 Å². The Morgan fingerprint density at radius 3 is 2.60 bits per heavy atom. The summed E-state index contributed by atoms with van der Waals surface area (Å²) in [6.07, 6.45) is 2.96. The van der Waals surface area contributed by atoms with Gasteiger partial charge in [-0.1, -0.05) is 0 Å². The van der Waals surface area contributed by atoms with Crippen molar-refractivity contribution in [2.24, 2.45) is 0 Å². The number of hydrogen-bond donors (Lipinski definition) is 1. The summed E-state index contributed by atoms with van der Waals surface area (Å²) in [6, 6.07) is 3.03. The molecule has 5 nitrogen and oxygen atoms in total. The highest BCUT2D eigenvalue weighted by Gasteiger charge is 1.94. The monoisotopic (exact) mass is 139 g/mol. The lowest BCUT2D eigenvalue weighted by atomic mass is 10.4. The van der Waals surface area contributed by atoms with Gasteiger partial charge in [0.1, 0.15) is 5.69 Å². The third kappa shape index (κ3) is 1.70. The SMILES string of the molecule is O=[N+]([O-])Nc1ccncc1. The van der Waals surface area contributed by atoms with Crippen molar-refractivity contribution >= 4 is 5.69 Å². The highest BCUT2D eigenvalue weighted by molar-refractivity contribution is 5.37. The fourth-order valence-electron chi connectivity index (χ4n) is 0.532. The van der Waals surface area contributed by atoms with Crippen molar-refractivity contribution in [2.45, 2.75) is 0 Å². The van der Waals surface area contributed by atoms with E-state index in [1.165, 1.54) is 24.5 Å². The zero-order valence-electron chi connectivity index (χ0n) is 5.02. The normalized spacial score (nSPS) is 8.80. The van der Waals surface area contributed by atoms with E-state index in [1.54, 1.807) is 0 Å². The van der Waals surface area contributed by atoms with E-state index in [2.05, 4.69) is 4.98 Å². The van der Waals surface area contributed by atoms with E-state index >= 15 is 0 Å². The molecule has 0 bridgehead atoms. The summed E-state index contributed by atoms with van der Waals surface area (Å²) in [5, 5.41) is 9.23. The molecule has 0 aliphatic carbocycles. The van der Waals surface area contributed by atoms with E-state index in [-0.39, 0.29) is 0 Å². The van der Waals surface area contributed by atoms with Crippen LogP contribution in [0.15, 0.2) is 24.5 Å². The van der Waals surface area contributed by atoms with Crippen LogP contribution in [-0.4, -0.2) is 10.0 Å². The van der Waals surface area contributed by atoms with Crippen molar-refractivity contribution in [1.82, 2.24) is 4.98 Å². The Labute approximate surface area is 56.8 Å². The molecule has 0 aliphatic rings. The van der Waals surface area contributed by atoms with Crippen LogP contribution in [0.1, 0.15) is 0 Å². The summed E-state index contributed by atoms with van der Waals surface area (Å²) in [4.78, 5) is 13.5. The van der Waals surface area contributed by atoms with E-state index in [9.17, 15) is 10.1 Å². The van der Waals surface area contributed by atoms with E-state index in [0.29, 0.717) is 5.69 Å². The van der Waals surface area contributed by atoms with Gasteiger partial charge < -0.3 is 0 Å². The van der Waals surface area contributed by atoms with Crippen molar-refractivity contribution in [1.29, 1.82) is 0 Å². The largest absolute Gasteiger partial charge is 0.265 e. The molecule has 0 amide bonds. The van der Waals surface area contributed by atoms with Gasteiger partial charge in [-0.2, -0.15) is 0 Å². The second-order valence-electron chi connectivity index (χ2n) is 1.60. The second-order valence-corrected chi connectivity index (χ2v) is 1.60. The Hall–Kier alpha value is -1.65. The van der Waals surface area contributed by atoms with Gasteiger partial charge in [-0.3, -0.25) is 4.98 Å². The first-order valence-corrected chi connectivity index (χ1v) is 2.60. The molecule has 0 spiro atoms. The summed E-state index contributed by atoms with van der Waals surface area (Å²) >= 11 is 0. The molecule has 1 N–H and O–H groups in total. The molecular formula is C5H5N3O2. The summed E-state index contributed by atoms with van der Waals surface area (Å²) in [5.74, 6) is 0. The minimum absolute atomic E-state index is 0.431. The molecule has 10 heavy (non-hydrogen) atoms. The van der Waals surface area contributed by atoms with Crippen LogP contribution < -0.4 is 5.43 Å². The van der Waals surface area contributed by atoms with Crippen molar-refractivity contribution in [3.8, 4) is 0 Å². The van der Waals surface area contributed by atoms with Gasteiger partial charge in [-0.25, -0.2) is 10.1 Å². The molecular weight excluding hydrogens is 134 g/mol. The number of nitrogens with one attached hydrogen (secondary N) is 1. The Bertz CT molecular complexity index is 224. The van der Waals surface area contributed by atoms with E-state index < -0.39 is 5.03 Å². The standard InChI is InChI=1S/C5H5N3O2/c9-8(10)7-5-1-3-6-4-2-5/h1-4H,(H,6,7). The quantitative estimate of drug-likeness (QED) is 0.483. The second kappa shape index (κ2) is 2.77. The molecule has 52 valence electrons. The van der Waals surface area contributed by atoms with Crippen molar-refractivity contribution in [2.75, 3.05) is 5.43 Å². The Kier molecular flexibility index (Phi) is 1.79. The predicted molar refractivity (Wildman–Crippen MR) is 34.9 cm³/mol. The molecule has 1 heterocycles. The minimum Gasteiger partial charge on any atom is -0.265 e. The van der Waals surface area contributed by atoms with Crippen LogP contribution in [0, 0.1) is 10.1 Å². The summed E-state index contributed by atoms with van der Waals surface area (Å²) in [7, 11) is 0. The maximum Gasteiger partial charge on any atom is 0.162 e. The molecule has 5 heteroatoms. The molecule has 1 aromatic heterocycles. The first kappa shape index (κ1) is 6.47. The molecule has 1 rings (SSSR count). The van der Waals surface area contributed by atoms with Crippen LogP contribution in [0.5, 0.6) is 0 Å². The van der Waals surface area contributed by atoms with E-state index in [4.69, 9.17) is 0 Å². The number of aromatic nitrogens is 1. The van der Waals surface area contributed by atoms with Gasteiger partial charge in [-0.15, -0.1) is 5.43 Å². The van der Waals surface area contributed by atoms with Gasteiger partial charge in [0, 0.05) is 12.4 Å². The highest BCUT2D eigenvalue weighted by Crippen LogP contribution is 2.01. The predicted octanol–water partition coefficient (Wildman–Crippen LogP) is 0.685. The molecule has 0 atom stereocenters. The molecule has 0 unspecified atom stereocenters. The van der Waals surface area contributed by atoms with Gasteiger partial charge in [0.05, 0.1) is 0 Å². The summed E-state index contributed by atoms with van der Waals surface area (Å²) in [6.45, 7) is 0. The van der Waals surface area contributed by atoms with Crippen molar-refractivity contribution in [3.05, 3.63) is 34.6 Å². The lowest BCUT2D eigenvalue weighted by molar-refractivity contribution is -0.445. The molecule has 0 aliphatic heterocycles. The van der Waals surface area contributed by atoms with Crippen molar-refractivity contribution < 1.29 is 5.03 Å². The Morgan fingerprint density at radius 2 is 2.10 bits per heavy atom. The highest BCUT2D eigenvalue weighted by atomic mass is 16.7. The fraction of sp³-hybridized carbons (Fsp3) is 0. The minimum atomic E-state index is -0.616. The van der Waals surface area contributed by atoms with Crippen molar-refractivity contribution in [3.63, 3.8) is 0 Å². The van der Waals surface area contributed by atoms with E-state index in [0.717, 1.165) is 0 Å². The molecule has 0 aromatic carbocycles. The zero-order chi connectivity index (χ0) is 7.40. The lowest BCUT2D eigenvalue weighted by Gasteiger charge is -1.92. The fourth-order valence-corrected chi connectivity index (χ4v) is 0.532. The molecule has 0 saturated carbocycles. The molecule has 0 radical (unpaired) electrons. The number of hydrogen-bond acceptors (Lipinski definition) is 3. The van der Waals surface area contributed by atoms with Gasteiger partial charge in [0.25, 0.3) is 0 Å². The number of nitrogens with zero attached hydrogens (tertiary/aromatic N) is 2. The van der Waals surface area contributed by atoms with Crippen LogP contribution in [0.4, 0.5) is 5.69 Å². The summed E-state index contributed by atoms with van der Waals surface area (Å²) < 4.78 is 0. The lowest BCUT2D eigenvalue weighted by Crippen LogP contribution is -2.07. The smallest absolute Gasteiger partial charge is 0.162 e. The van der Waals surface area contributed by atoms with Crippen LogP contribution >= 0.6 is 0 Å². The zero-order valence-corrected chi connectivity index (χ0v) is 5.02. The maximum atomic E-state index is 9.84. The number of nitro groups is 1. The van der Waals surface area contributed by atoms with Crippen LogP contribution in [-0.2, 0) is 0 Å². The average molecular weight is 139 g/mol. The first-order valence-electron chi connectivity index (χ1n) is 2.60. The van der Waals surface area contributed by atoms with E-state index in [1.807, 2.05) is 5.43 Å². The van der Waals surface area contributed by atoms with Gasteiger partial charge in [-0.05, 0) is 12.1 Å². The van der Waals surface area contributed by atoms with Gasteiger partial charge in [0.15, 0.2) is 5.03 Å². The Morgan fingerprint density at radius 1 is 1.50 bits per heavy atom. The average Bonchev–Trinajstić information content (AvgIpc) is 1.88. The third-order valence-electron chi connectivity index (χ3n) is 0.901. The van der Waals surface area contributed by atoms with Crippen LogP contribution in [0.2, 0.25) is 0 Å². The maximum absolute atomic E-state index is 9.84. The number of rotatable bonds is 2. The molecule has 0 saturated heterocycles. The number of pyridine rings is 1. The van der Waals surface area contributed by atoms with Gasteiger partial charge >= 0.3 is 0 Å². The summed E-state index contributed by atoms with van der Waals surface area (Å²) in [5.41, 5.74) is 2.42. The van der Waals surface area contributed by atoms with Crippen LogP contribution in [0.3, 0.4) is 0 Å².